The van der Waals surface area contributed by atoms with Crippen molar-refractivity contribution in [2.45, 2.75) is 42.9 Å². The number of fused-ring (bicyclic) bond motifs is 1. The number of aromatic nitrogens is 1. The van der Waals surface area contributed by atoms with Crippen molar-refractivity contribution in [2.24, 2.45) is 0 Å². The molecule has 1 amide bonds. The van der Waals surface area contributed by atoms with Gasteiger partial charge in [0, 0.05) is 6.54 Å². The van der Waals surface area contributed by atoms with Crippen LogP contribution in [0.15, 0.2) is 39.9 Å². The number of amides is 1. The summed E-state index contributed by atoms with van der Waals surface area (Å²) in [6.45, 7) is 2.43. The topological polar surface area (TPSA) is 79.4 Å². The molecule has 0 spiro atoms. The molecule has 4 rings (SSSR count). The largest absolute Gasteiger partial charge is 0.301 e. The molecule has 0 saturated carbocycles. The summed E-state index contributed by atoms with van der Waals surface area (Å²) in [5, 5.41) is 5.11. The van der Waals surface area contributed by atoms with Gasteiger partial charge in [0.2, 0.25) is 5.91 Å². The van der Waals surface area contributed by atoms with Crippen LogP contribution in [0.5, 0.6) is 0 Å². The van der Waals surface area contributed by atoms with Gasteiger partial charge in [-0.25, -0.2) is 13.4 Å². The van der Waals surface area contributed by atoms with Crippen LogP contribution in [0.4, 0.5) is 5.13 Å². The second-order valence-electron chi connectivity index (χ2n) is 6.69. The molecule has 0 bridgehead atoms. The molecule has 3 heterocycles. The van der Waals surface area contributed by atoms with Crippen molar-refractivity contribution in [2.75, 3.05) is 11.9 Å². The minimum absolute atomic E-state index is 0.278. The number of nitrogens with zero attached hydrogens (tertiary/aromatic N) is 2. The first-order chi connectivity index (χ1) is 13.5. The van der Waals surface area contributed by atoms with Gasteiger partial charge >= 0.3 is 0 Å². The van der Waals surface area contributed by atoms with Crippen molar-refractivity contribution in [1.82, 2.24) is 9.29 Å². The monoisotopic (exact) mass is 435 g/mol. The van der Waals surface area contributed by atoms with E-state index in [2.05, 4.69) is 17.2 Å². The Labute approximate surface area is 172 Å². The van der Waals surface area contributed by atoms with E-state index >= 15 is 0 Å². The average molecular weight is 436 g/mol. The van der Waals surface area contributed by atoms with Crippen LogP contribution in [-0.4, -0.2) is 36.2 Å². The predicted octanol–water partition coefficient (Wildman–Crippen LogP) is 4.10. The number of sulfonamides is 1. The zero-order chi connectivity index (χ0) is 19.7. The lowest BCUT2D eigenvalue weighted by atomic mass is 10.0. The quantitative estimate of drug-likeness (QED) is 0.654. The fourth-order valence-corrected chi connectivity index (χ4v) is 7.21. The summed E-state index contributed by atoms with van der Waals surface area (Å²) in [6, 6.07) is 8.59. The number of hydrogen-bond donors (Lipinski definition) is 1. The summed E-state index contributed by atoms with van der Waals surface area (Å²) in [5.74, 6) is -0.308. The van der Waals surface area contributed by atoms with Crippen molar-refractivity contribution < 1.29 is 13.2 Å². The molecule has 1 aliphatic rings. The van der Waals surface area contributed by atoms with Crippen LogP contribution in [0.25, 0.3) is 10.2 Å². The molecule has 1 unspecified atom stereocenters. The summed E-state index contributed by atoms with van der Waals surface area (Å²) in [6.07, 6.45) is 2.97. The number of hydrogen-bond acceptors (Lipinski definition) is 6. The van der Waals surface area contributed by atoms with E-state index < -0.39 is 16.1 Å². The van der Waals surface area contributed by atoms with Crippen molar-refractivity contribution in [3.8, 4) is 0 Å². The van der Waals surface area contributed by atoms with Crippen LogP contribution < -0.4 is 5.32 Å². The molecule has 9 heteroatoms. The molecule has 148 valence electrons. The van der Waals surface area contributed by atoms with Gasteiger partial charge in [-0.05, 0) is 42.3 Å². The molecule has 6 nitrogen and oxygen atoms in total. The molecule has 2 aromatic heterocycles. The fourth-order valence-electron chi connectivity index (χ4n) is 3.51. The lowest BCUT2D eigenvalue weighted by Gasteiger charge is -2.32. The summed E-state index contributed by atoms with van der Waals surface area (Å²) in [7, 11) is -3.67. The third-order valence-electron chi connectivity index (χ3n) is 4.93. The maximum Gasteiger partial charge on any atom is 0.253 e. The van der Waals surface area contributed by atoms with Gasteiger partial charge in [0.05, 0.1) is 10.2 Å². The molecule has 0 radical (unpaired) electrons. The standard InChI is InChI=1S/C19H21N3O3S3/c1-2-13-7-5-9-15-17(13)20-19(27-15)21-18(23)14-8-3-4-11-22(14)28(24,25)16-10-6-12-26-16/h5-7,9-10,12,14H,2-4,8,11H2,1H3,(H,20,21,23). The van der Waals surface area contributed by atoms with E-state index in [0.717, 1.165) is 35.0 Å². The lowest BCUT2D eigenvalue weighted by Crippen LogP contribution is -2.49. The zero-order valence-corrected chi connectivity index (χ0v) is 17.9. The number of carbonyl (C=O) groups excluding carboxylic acids is 1. The first kappa shape index (κ1) is 19.5. The lowest BCUT2D eigenvalue weighted by molar-refractivity contribution is -0.120. The van der Waals surface area contributed by atoms with E-state index in [9.17, 15) is 13.2 Å². The van der Waals surface area contributed by atoms with Crippen molar-refractivity contribution >= 4 is 54.0 Å². The maximum atomic E-state index is 13.0. The Morgan fingerprint density at radius 3 is 2.89 bits per heavy atom. The van der Waals surface area contributed by atoms with Gasteiger partial charge in [0.25, 0.3) is 10.0 Å². The molecule has 1 N–H and O–H groups in total. The van der Waals surface area contributed by atoms with Crippen LogP contribution in [0.2, 0.25) is 0 Å². The number of thiazole rings is 1. The summed E-state index contributed by atoms with van der Waals surface area (Å²) >= 11 is 2.59. The SMILES string of the molecule is CCc1cccc2sc(NC(=O)C3CCCCN3S(=O)(=O)c3cccs3)nc12. The average Bonchev–Trinajstić information content (AvgIpc) is 3.37. The van der Waals surface area contributed by atoms with E-state index in [4.69, 9.17) is 0 Å². The number of benzene rings is 1. The smallest absolute Gasteiger partial charge is 0.253 e. The number of carbonyl (C=O) groups is 1. The van der Waals surface area contributed by atoms with Gasteiger partial charge in [-0.15, -0.1) is 11.3 Å². The highest BCUT2D eigenvalue weighted by molar-refractivity contribution is 7.91. The molecule has 3 aromatic rings. The summed E-state index contributed by atoms with van der Waals surface area (Å²) in [5.41, 5.74) is 2.03. The third kappa shape index (κ3) is 3.59. The second-order valence-corrected chi connectivity index (χ2v) is 10.8. The Morgan fingerprint density at radius 2 is 2.14 bits per heavy atom. The van der Waals surface area contributed by atoms with Crippen LogP contribution in [0.1, 0.15) is 31.7 Å². The highest BCUT2D eigenvalue weighted by Gasteiger charge is 2.38. The molecule has 1 saturated heterocycles. The number of anilines is 1. The van der Waals surface area contributed by atoms with Crippen molar-refractivity contribution in [1.29, 1.82) is 0 Å². The molecule has 1 fully saturated rings. The Kier molecular flexibility index (Phi) is 5.50. The van der Waals surface area contributed by atoms with E-state index in [0.29, 0.717) is 18.1 Å². The van der Waals surface area contributed by atoms with Gasteiger partial charge in [-0.1, -0.05) is 42.9 Å². The number of thiophene rings is 1. The van der Waals surface area contributed by atoms with Gasteiger partial charge in [-0.2, -0.15) is 4.31 Å². The molecule has 0 aliphatic carbocycles. The first-order valence-corrected chi connectivity index (χ1v) is 12.4. The second kappa shape index (κ2) is 7.90. The van der Waals surface area contributed by atoms with Gasteiger partial charge in [0.15, 0.2) is 5.13 Å². The van der Waals surface area contributed by atoms with Crippen molar-refractivity contribution in [3.63, 3.8) is 0 Å². The summed E-state index contributed by atoms with van der Waals surface area (Å²) < 4.78 is 28.6. The number of piperidine rings is 1. The van der Waals surface area contributed by atoms with Crippen LogP contribution in [0, 0.1) is 0 Å². The maximum absolute atomic E-state index is 13.0. The van der Waals surface area contributed by atoms with Crippen LogP contribution in [-0.2, 0) is 21.2 Å². The molecule has 28 heavy (non-hydrogen) atoms. The number of rotatable bonds is 5. The summed E-state index contributed by atoms with van der Waals surface area (Å²) in [4.78, 5) is 17.6. The Balaban J connectivity index is 1.59. The number of aryl methyl sites for hydroxylation is 1. The highest BCUT2D eigenvalue weighted by Crippen LogP contribution is 2.31. The molecular formula is C19H21N3O3S3. The first-order valence-electron chi connectivity index (χ1n) is 9.25. The minimum Gasteiger partial charge on any atom is -0.301 e. The third-order valence-corrected chi connectivity index (χ3v) is 9.15. The van der Waals surface area contributed by atoms with E-state index in [1.807, 2.05) is 18.2 Å². The van der Waals surface area contributed by atoms with E-state index in [-0.39, 0.29) is 10.1 Å². The van der Waals surface area contributed by atoms with Gasteiger partial charge in [-0.3, -0.25) is 4.79 Å². The van der Waals surface area contributed by atoms with Crippen molar-refractivity contribution in [3.05, 3.63) is 41.3 Å². The Hall–Kier alpha value is -1.81. The van der Waals surface area contributed by atoms with E-state index in [1.54, 1.807) is 17.5 Å². The number of para-hydroxylation sites is 1. The number of nitrogens with one attached hydrogen (secondary N) is 1. The van der Waals surface area contributed by atoms with E-state index in [1.165, 1.54) is 27.0 Å². The Morgan fingerprint density at radius 1 is 1.29 bits per heavy atom. The predicted molar refractivity (Wildman–Crippen MR) is 113 cm³/mol. The fraction of sp³-hybridized carbons (Fsp3) is 0.368. The van der Waals surface area contributed by atoms with Gasteiger partial charge in [0.1, 0.15) is 10.3 Å². The zero-order valence-electron chi connectivity index (χ0n) is 15.4. The molecule has 1 aromatic carbocycles. The molecule has 1 aliphatic heterocycles. The van der Waals surface area contributed by atoms with Crippen LogP contribution in [0.3, 0.4) is 0 Å². The molecular weight excluding hydrogens is 414 g/mol. The highest BCUT2D eigenvalue weighted by atomic mass is 32.2. The minimum atomic E-state index is -3.67. The van der Waals surface area contributed by atoms with Crippen LogP contribution >= 0.6 is 22.7 Å². The normalized spacial score (nSPS) is 18.4. The molecule has 1 atom stereocenters. The van der Waals surface area contributed by atoms with Gasteiger partial charge < -0.3 is 5.32 Å². The Bertz CT molecular complexity index is 1090.